The zero-order valence-corrected chi connectivity index (χ0v) is 14.1. The molecule has 1 heterocycles. The molecule has 5 nitrogen and oxygen atoms in total. The molecule has 23 heavy (non-hydrogen) atoms. The number of hydrogen-bond donors (Lipinski definition) is 1. The average molecular weight is 345 g/mol. The molecule has 1 amide bonds. The van der Waals surface area contributed by atoms with Crippen LogP contribution in [0.2, 0.25) is 5.02 Å². The van der Waals surface area contributed by atoms with Gasteiger partial charge < -0.3 is 14.7 Å². The minimum absolute atomic E-state index is 0.00630. The number of aliphatic hydroxyl groups is 1. The first-order chi connectivity index (χ1) is 10.8. The summed E-state index contributed by atoms with van der Waals surface area (Å²) in [4.78, 5) is 15.3. The Balaban J connectivity index is 2.08. The minimum atomic E-state index is -1.25. The Morgan fingerprint density at radius 3 is 2.91 bits per heavy atom. The van der Waals surface area contributed by atoms with Crippen molar-refractivity contribution in [3.05, 3.63) is 34.6 Å². The number of halogens is 2. The van der Waals surface area contributed by atoms with E-state index in [0.29, 0.717) is 31.3 Å². The SMILES string of the molecule is CN(C)C(=O)CC1(O)COCCN(Cc2ccc(F)cc2Cl)C1. The summed E-state index contributed by atoms with van der Waals surface area (Å²) in [7, 11) is 3.30. The highest BCUT2D eigenvalue weighted by atomic mass is 35.5. The quantitative estimate of drug-likeness (QED) is 0.900. The number of rotatable bonds is 4. The summed E-state index contributed by atoms with van der Waals surface area (Å²) >= 11 is 6.07. The van der Waals surface area contributed by atoms with Crippen LogP contribution in [0.1, 0.15) is 12.0 Å². The van der Waals surface area contributed by atoms with Gasteiger partial charge in [-0.1, -0.05) is 17.7 Å². The van der Waals surface area contributed by atoms with Crippen LogP contribution < -0.4 is 0 Å². The predicted molar refractivity (Wildman–Crippen MR) is 85.8 cm³/mol. The zero-order valence-electron chi connectivity index (χ0n) is 13.4. The number of ether oxygens (including phenoxy) is 1. The minimum Gasteiger partial charge on any atom is -0.386 e. The van der Waals surface area contributed by atoms with Crippen molar-refractivity contribution in [1.82, 2.24) is 9.80 Å². The molecular formula is C16H22ClFN2O3. The van der Waals surface area contributed by atoms with Crippen molar-refractivity contribution < 1.29 is 19.0 Å². The van der Waals surface area contributed by atoms with E-state index < -0.39 is 5.60 Å². The lowest BCUT2D eigenvalue weighted by Crippen LogP contribution is -2.47. The van der Waals surface area contributed by atoms with Gasteiger partial charge >= 0.3 is 0 Å². The molecule has 1 aliphatic rings. The summed E-state index contributed by atoms with van der Waals surface area (Å²) in [5, 5.41) is 11.1. The van der Waals surface area contributed by atoms with Gasteiger partial charge in [0.15, 0.2) is 0 Å². The third-order valence-corrected chi connectivity index (χ3v) is 4.18. The van der Waals surface area contributed by atoms with Gasteiger partial charge in [-0.3, -0.25) is 9.69 Å². The van der Waals surface area contributed by atoms with Gasteiger partial charge in [0.25, 0.3) is 0 Å². The number of β-amino-alcohol motifs (C(OH)–C–C–N with tert-alkyl or cyclic N) is 1. The van der Waals surface area contributed by atoms with Crippen LogP contribution in [0.15, 0.2) is 18.2 Å². The van der Waals surface area contributed by atoms with E-state index in [9.17, 15) is 14.3 Å². The summed E-state index contributed by atoms with van der Waals surface area (Å²) < 4.78 is 18.6. The second kappa shape index (κ2) is 7.57. The van der Waals surface area contributed by atoms with Gasteiger partial charge in [0.2, 0.25) is 5.91 Å². The second-order valence-electron chi connectivity index (χ2n) is 6.19. The Bertz CT molecular complexity index is 570. The number of benzene rings is 1. The molecule has 1 unspecified atom stereocenters. The number of carbonyl (C=O) groups excluding carboxylic acids is 1. The van der Waals surface area contributed by atoms with Gasteiger partial charge in [-0.25, -0.2) is 4.39 Å². The Kier molecular flexibility index (Phi) is 5.97. The highest BCUT2D eigenvalue weighted by Gasteiger charge is 2.35. The molecule has 0 radical (unpaired) electrons. The molecule has 1 atom stereocenters. The van der Waals surface area contributed by atoms with Crippen LogP contribution >= 0.6 is 11.6 Å². The molecule has 0 bridgehead atoms. The van der Waals surface area contributed by atoms with E-state index in [2.05, 4.69) is 0 Å². The molecule has 0 aliphatic carbocycles. The van der Waals surface area contributed by atoms with Gasteiger partial charge in [0, 0.05) is 38.8 Å². The van der Waals surface area contributed by atoms with Crippen molar-refractivity contribution >= 4 is 17.5 Å². The topological polar surface area (TPSA) is 53.0 Å². The lowest BCUT2D eigenvalue weighted by molar-refractivity contribution is -0.136. The fourth-order valence-corrected chi connectivity index (χ4v) is 2.80. The first kappa shape index (κ1) is 18.1. The Morgan fingerprint density at radius 1 is 1.52 bits per heavy atom. The number of hydrogen-bond acceptors (Lipinski definition) is 4. The summed E-state index contributed by atoms with van der Waals surface area (Å²) in [6, 6.07) is 4.26. The van der Waals surface area contributed by atoms with E-state index in [0.717, 1.165) is 5.56 Å². The van der Waals surface area contributed by atoms with E-state index in [4.69, 9.17) is 16.3 Å². The zero-order chi connectivity index (χ0) is 17.0. The van der Waals surface area contributed by atoms with Gasteiger partial charge in [0.1, 0.15) is 11.4 Å². The molecule has 1 aromatic rings. The van der Waals surface area contributed by atoms with E-state index in [1.54, 1.807) is 20.2 Å². The maximum Gasteiger partial charge on any atom is 0.225 e. The molecule has 1 saturated heterocycles. The third-order valence-electron chi connectivity index (χ3n) is 3.83. The molecular weight excluding hydrogens is 323 g/mol. The highest BCUT2D eigenvalue weighted by molar-refractivity contribution is 6.31. The van der Waals surface area contributed by atoms with Crippen LogP contribution in [-0.4, -0.2) is 66.8 Å². The van der Waals surface area contributed by atoms with Gasteiger partial charge in [-0.05, 0) is 17.7 Å². The summed E-state index contributed by atoms with van der Waals surface area (Å²) in [5.41, 5.74) is -0.471. The maximum absolute atomic E-state index is 13.1. The van der Waals surface area contributed by atoms with Crippen molar-refractivity contribution in [1.29, 1.82) is 0 Å². The van der Waals surface area contributed by atoms with Crippen molar-refractivity contribution in [3.8, 4) is 0 Å². The second-order valence-corrected chi connectivity index (χ2v) is 6.60. The molecule has 1 N–H and O–H groups in total. The molecule has 1 aliphatic heterocycles. The first-order valence-electron chi connectivity index (χ1n) is 7.46. The lowest BCUT2D eigenvalue weighted by atomic mass is 9.99. The Hall–Kier alpha value is -1.21. The molecule has 1 aromatic carbocycles. The van der Waals surface area contributed by atoms with E-state index in [1.807, 2.05) is 4.90 Å². The number of nitrogens with zero attached hydrogens (tertiary/aromatic N) is 2. The smallest absolute Gasteiger partial charge is 0.225 e. The molecule has 0 spiro atoms. The summed E-state index contributed by atoms with van der Waals surface area (Å²) in [6.07, 6.45) is -0.00630. The Labute approximate surface area is 140 Å². The van der Waals surface area contributed by atoms with E-state index in [1.165, 1.54) is 17.0 Å². The van der Waals surface area contributed by atoms with Crippen LogP contribution in [0.4, 0.5) is 4.39 Å². The molecule has 2 rings (SSSR count). The van der Waals surface area contributed by atoms with Crippen molar-refractivity contribution in [2.45, 2.75) is 18.6 Å². The summed E-state index contributed by atoms with van der Waals surface area (Å²) in [5.74, 6) is -0.538. The van der Waals surface area contributed by atoms with Gasteiger partial charge in [-0.15, -0.1) is 0 Å². The maximum atomic E-state index is 13.1. The number of amides is 1. The number of carbonyl (C=O) groups is 1. The van der Waals surface area contributed by atoms with Crippen LogP contribution in [0.25, 0.3) is 0 Å². The first-order valence-corrected chi connectivity index (χ1v) is 7.83. The van der Waals surface area contributed by atoms with E-state index >= 15 is 0 Å². The standard InChI is InChI=1S/C16H22ClFN2O3/c1-19(2)15(21)8-16(22)10-20(5-6-23-11-16)9-12-3-4-13(18)7-14(12)17/h3-4,7,22H,5-6,8-11H2,1-2H3. The normalized spacial score (nSPS) is 22.7. The van der Waals surface area contributed by atoms with Crippen molar-refractivity contribution in [3.63, 3.8) is 0 Å². The van der Waals surface area contributed by atoms with E-state index in [-0.39, 0.29) is 24.8 Å². The van der Waals surface area contributed by atoms with Crippen LogP contribution in [0.3, 0.4) is 0 Å². The fraction of sp³-hybridized carbons (Fsp3) is 0.562. The predicted octanol–water partition coefficient (Wildman–Crippen LogP) is 1.52. The average Bonchev–Trinajstić information content (AvgIpc) is 2.63. The van der Waals surface area contributed by atoms with Crippen LogP contribution in [0.5, 0.6) is 0 Å². The lowest BCUT2D eigenvalue weighted by Gasteiger charge is -2.31. The summed E-state index contributed by atoms with van der Waals surface area (Å²) in [6.45, 7) is 1.92. The molecule has 7 heteroatoms. The highest BCUT2D eigenvalue weighted by Crippen LogP contribution is 2.23. The van der Waals surface area contributed by atoms with Gasteiger partial charge in [-0.2, -0.15) is 0 Å². The van der Waals surface area contributed by atoms with Crippen LogP contribution in [-0.2, 0) is 16.1 Å². The fourth-order valence-electron chi connectivity index (χ4n) is 2.57. The molecule has 1 fully saturated rings. The largest absolute Gasteiger partial charge is 0.386 e. The van der Waals surface area contributed by atoms with Gasteiger partial charge in [0.05, 0.1) is 19.6 Å². The van der Waals surface area contributed by atoms with Crippen LogP contribution in [0, 0.1) is 5.82 Å². The molecule has 0 aromatic heterocycles. The van der Waals surface area contributed by atoms with Crippen molar-refractivity contribution in [2.75, 3.05) is 40.4 Å². The molecule has 0 saturated carbocycles. The molecule has 128 valence electrons. The third kappa shape index (κ3) is 5.14. The Morgan fingerprint density at radius 2 is 2.26 bits per heavy atom. The van der Waals surface area contributed by atoms with Crippen molar-refractivity contribution in [2.24, 2.45) is 0 Å². The monoisotopic (exact) mass is 344 g/mol.